The van der Waals surface area contributed by atoms with Crippen molar-refractivity contribution in [1.29, 1.82) is 0 Å². The molecule has 1 fully saturated rings. The molecular formula is C28H24ClFN2O5S. The summed E-state index contributed by atoms with van der Waals surface area (Å²) in [7, 11) is 0. The molecule has 1 N–H and O–H groups in total. The van der Waals surface area contributed by atoms with Gasteiger partial charge >= 0.3 is 0 Å². The zero-order chi connectivity index (χ0) is 27.2. The summed E-state index contributed by atoms with van der Waals surface area (Å²) in [5.41, 5.74) is 2.83. The number of imide groups is 1. The number of anilines is 1. The Morgan fingerprint density at radius 1 is 1.11 bits per heavy atom. The summed E-state index contributed by atoms with van der Waals surface area (Å²) in [6.45, 7) is 3.96. The first-order valence-corrected chi connectivity index (χ1v) is 12.9. The number of hydrogen-bond acceptors (Lipinski definition) is 6. The molecule has 3 amide bonds. The summed E-state index contributed by atoms with van der Waals surface area (Å²) < 4.78 is 25.1. The molecule has 0 radical (unpaired) electrons. The molecule has 7 nitrogen and oxygen atoms in total. The van der Waals surface area contributed by atoms with E-state index in [1.807, 2.05) is 38.1 Å². The van der Waals surface area contributed by atoms with E-state index in [2.05, 4.69) is 5.32 Å². The van der Waals surface area contributed by atoms with Crippen molar-refractivity contribution in [3.05, 3.63) is 93.1 Å². The molecule has 0 aliphatic carbocycles. The quantitative estimate of drug-likeness (QED) is 0.306. The van der Waals surface area contributed by atoms with Crippen LogP contribution in [0.15, 0.2) is 65.6 Å². The number of benzene rings is 3. The number of hydrogen-bond donors (Lipinski definition) is 1. The maximum atomic E-state index is 13.4. The zero-order valence-corrected chi connectivity index (χ0v) is 22.2. The standard InChI is InChI=1S/C28H24ClFN2O5S/c1-3-36-23-12-19(11-22(29)26(23)37-16-18-7-4-6-17(2)10-18)13-24-27(34)32(28(35)38-24)15-25(33)31-21-9-5-8-20(30)14-21/h4-14H,3,15-16H2,1-2H3,(H,31,33)/b24-13+. The largest absolute Gasteiger partial charge is 0.490 e. The highest BCUT2D eigenvalue weighted by Crippen LogP contribution is 2.39. The maximum Gasteiger partial charge on any atom is 0.294 e. The van der Waals surface area contributed by atoms with E-state index in [0.29, 0.717) is 35.4 Å². The van der Waals surface area contributed by atoms with E-state index in [9.17, 15) is 18.8 Å². The first-order chi connectivity index (χ1) is 18.2. The van der Waals surface area contributed by atoms with Gasteiger partial charge in [-0.2, -0.15) is 0 Å². The lowest BCUT2D eigenvalue weighted by atomic mass is 10.1. The highest BCUT2D eigenvalue weighted by molar-refractivity contribution is 8.18. The van der Waals surface area contributed by atoms with Crippen LogP contribution in [0.1, 0.15) is 23.6 Å². The lowest BCUT2D eigenvalue weighted by molar-refractivity contribution is -0.127. The van der Waals surface area contributed by atoms with Crippen molar-refractivity contribution >= 4 is 52.2 Å². The van der Waals surface area contributed by atoms with E-state index in [-0.39, 0.29) is 22.2 Å². The Bertz CT molecular complexity index is 1430. The summed E-state index contributed by atoms with van der Waals surface area (Å²) in [5.74, 6) is -1.00. The van der Waals surface area contributed by atoms with Gasteiger partial charge in [-0.05, 0) is 73.1 Å². The minimum Gasteiger partial charge on any atom is -0.490 e. The average molecular weight is 555 g/mol. The molecule has 0 bridgehead atoms. The van der Waals surface area contributed by atoms with Crippen molar-refractivity contribution in [2.75, 3.05) is 18.5 Å². The van der Waals surface area contributed by atoms with Crippen molar-refractivity contribution in [3.8, 4) is 11.5 Å². The van der Waals surface area contributed by atoms with Crippen molar-refractivity contribution in [3.63, 3.8) is 0 Å². The van der Waals surface area contributed by atoms with Crippen LogP contribution in [0, 0.1) is 12.7 Å². The smallest absolute Gasteiger partial charge is 0.294 e. The SMILES string of the molecule is CCOc1cc(/C=C2/SC(=O)N(CC(=O)Nc3cccc(F)c3)C2=O)cc(Cl)c1OCc1cccc(C)c1. The Hall–Kier alpha value is -3.82. The molecule has 1 aliphatic rings. The van der Waals surface area contributed by atoms with Crippen molar-refractivity contribution < 1.29 is 28.2 Å². The molecule has 1 aliphatic heterocycles. The maximum absolute atomic E-state index is 13.4. The van der Waals surface area contributed by atoms with E-state index in [1.165, 1.54) is 24.3 Å². The molecule has 0 unspecified atom stereocenters. The highest BCUT2D eigenvalue weighted by atomic mass is 35.5. The number of nitrogens with one attached hydrogen (secondary N) is 1. The monoisotopic (exact) mass is 554 g/mol. The van der Waals surface area contributed by atoms with Gasteiger partial charge in [-0.25, -0.2) is 4.39 Å². The lowest BCUT2D eigenvalue weighted by Gasteiger charge is -2.15. The lowest BCUT2D eigenvalue weighted by Crippen LogP contribution is -2.36. The fourth-order valence-electron chi connectivity index (χ4n) is 3.73. The third kappa shape index (κ3) is 6.73. The first-order valence-electron chi connectivity index (χ1n) is 11.7. The van der Waals surface area contributed by atoms with Crippen LogP contribution in [0.3, 0.4) is 0 Å². The van der Waals surface area contributed by atoms with Gasteiger partial charge in [0.25, 0.3) is 11.1 Å². The normalized spacial score (nSPS) is 14.2. The number of nitrogens with zero attached hydrogens (tertiary/aromatic N) is 1. The predicted molar refractivity (Wildman–Crippen MR) is 146 cm³/mol. The summed E-state index contributed by atoms with van der Waals surface area (Å²) in [5, 5.41) is 2.16. The molecule has 4 rings (SSSR count). The molecule has 0 atom stereocenters. The van der Waals surface area contributed by atoms with E-state index in [4.69, 9.17) is 21.1 Å². The van der Waals surface area contributed by atoms with Gasteiger partial charge in [0.2, 0.25) is 5.91 Å². The average Bonchev–Trinajstić information content (AvgIpc) is 3.11. The van der Waals surface area contributed by atoms with Crippen LogP contribution < -0.4 is 14.8 Å². The van der Waals surface area contributed by atoms with E-state index >= 15 is 0 Å². The Labute approximate surface area is 228 Å². The molecular weight excluding hydrogens is 531 g/mol. The second-order valence-corrected chi connectivity index (χ2v) is 9.77. The highest BCUT2D eigenvalue weighted by Gasteiger charge is 2.36. The van der Waals surface area contributed by atoms with Crippen LogP contribution >= 0.6 is 23.4 Å². The summed E-state index contributed by atoms with van der Waals surface area (Å²) >= 11 is 7.23. The predicted octanol–water partition coefficient (Wildman–Crippen LogP) is 6.44. The van der Waals surface area contributed by atoms with Crippen LogP contribution in [0.2, 0.25) is 5.02 Å². The molecule has 196 valence electrons. The number of aryl methyl sites for hydroxylation is 1. The molecule has 3 aromatic carbocycles. The number of carbonyl (C=O) groups excluding carboxylic acids is 3. The second kappa shape index (κ2) is 12.1. The molecule has 0 spiro atoms. The number of halogens is 2. The Morgan fingerprint density at radius 3 is 2.63 bits per heavy atom. The molecule has 3 aromatic rings. The van der Waals surface area contributed by atoms with Crippen LogP contribution in [0.5, 0.6) is 11.5 Å². The Balaban J connectivity index is 1.49. The minimum atomic E-state index is -0.629. The Morgan fingerprint density at radius 2 is 1.89 bits per heavy atom. The van der Waals surface area contributed by atoms with Gasteiger partial charge in [-0.15, -0.1) is 0 Å². The number of thioether (sulfide) groups is 1. The van der Waals surface area contributed by atoms with Gasteiger partial charge in [0, 0.05) is 5.69 Å². The molecule has 38 heavy (non-hydrogen) atoms. The van der Waals surface area contributed by atoms with Gasteiger partial charge in [0.1, 0.15) is 19.0 Å². The third-order valence-corrected chi connectivity index (χ3v) is 6.57. The topological polar surface area (TPSA) is 84.9 Å². The van der Waals surface area contributed by atoms with Gasteiger partial charge in [-0.3, -0.25) is 19.3 Å². The molecule has 1 saturated heterocycles. The number of rotatable bonds is 9. The van der Waals surface area contributed by atoms with Crippen molar-refractivity contribution in [2.45, 2.75) is 20.5 Å². The number of carbonyl (C=O) groups is 3. The fraction of sp³-hybridized carbons (Fsp3) is 0.179. The molecule has 0 saturated carbocycles. The zero-order valence-electron chi connectivity index (χ0n) is 20.6. The van der Waals surface area contributed by atoms with Crippen molar-refractivity contribution in [2.24, 2.45) is 0 Å². The van der Waals surface area contributed by atoms with Gasteiger partial charge in [0.05, 0.1) is 16.5 Å². The first kappa shape index (κ1) is 27.2. The number of amides is 3. The summed E-state index contributed by atoms with van der Waals surface area (Å²) in [6, 6.07) is 16.5. The second-order valence-electron chi connectivity index (χ2n) is 8.37. The van der Waals surface area contributed by atoms with Crippen LogP contribution in [0.4, 0.5) is 14.9 Å². The van der Waals surface area contributed by atoms with Crippen LogP contribution in [0.25, 0.3) is 6.08 Å². The van der Waals surface area contributed by atoms with Gasteiger partial charge < -0.3 is 14.8 Å². The number of ether oxygens (including phenoxy) is 2. The van der Waals surface area contributed by atoms with Crippen molar-refractivity contribution in [1.82, 2.24) is 4.90 Å². The molecule has 10 heteroatoms. The van der Waals surface area contributed by atoms with E-state index in [0.717, 1.165) is 22.1 Å². The van der Waals surface area contributed by atoms with Crippen LogP contribution in [-0.4, -0.2) is 35.1 Å². The Kier molecular flexibility index (Phi) is 8.70. The van der Waals surface area contributed by atoms with Crippen LogP contribution in [-0.2, 0) is 16.2 Å². The van der Waals surface area contributed by atoms with Gasteiger partial charge in [-0.1, -0.05) is 47.5 Å². The summed E-state index contributed by atoms with van der Waals surface area (Å²) in [6.07, 6.45) is 1.51. The minimum absolute atomic E-state index is 0.125. The molecule has 1 heterocycles. The van der Waals surface area contributed by atoms with E-state index < -0.39 is 29.4 Å². The van der Waals surface area contributed by atoms with Gasteiger partial charge in [0.15, 0.2) is 11.5 Å². The fourth-order valence-corrected chi connectivity index (χ4v) is 4.84. The molecule has 0 aromatic heterocycles. The summed E-state index contributed by atoms with van der Waals surface area (Å²) in [4.78, 5) is 38.7. The third-order valence-electron chi connectivity index (χ3n) is 5.38. The van der Waals surface area contributed by atoms with E-state index in [1.54, 1.807) is 12.1 Å².